The second kappa shape index (κ2) is 5.74. The number of hydrogen-bond acceptors (Lipinski definition) is 2. The number of nitrogens with zero attached hydrogens (tertiary/aromatic N) is 1. The Morgan fingerprint density at radius 2 is 1.89 bits per heavy atom. The van der Waals surface area contributed by atoms with Crippen molar-refractivity contribution < 1.29 is 9.18 Å². The first kappa shape index (κ1) is 14.1. The second-order valence-electron chi connectivity index (χ2n) is 3.56. The molecule has 0 atom stereocenters. The summed E-state index contributed by atoms with van der Waals surface area (Å²) in [5, 5.41) is 2.82. The molecule has 1 amide bonds. The van der Waals surface area contributed by atoms with Crippen molar-refractivity contribution >= 4 is 46.5 Å². The third kappa shape index (κ3) is 3.35. The van der Waals surface area contributed by atoms with Crippen LogP contribution in [0.5, 0.6) is 0 Å². The summed E-state index contributed by atoms with van der Waals surface area (Å²) in [6, 6.07) is 5.22. The summed E-state index contributed by atoms with van der Waals surface area (Å²) >= 11 is 17.1. The molecule has 2 rings (SSSR count). The summed E-state index contributed by atoms with van der Waals surface area (Å²) in [5.41, 5.74) is -0.0275. The first-order valence-electron chi connectivity index (χ1n) is 5.05. The zero-order chi connectivity index (χ0) is 14.0. The zero-order valence-electron chi connectivity index (χ0n) is 9.25. The molecule has 0 saturated heterocycles. The van der Waals surface area contributed by atoms with Crippen LogP contribution >= 0.6 is 34.8 Å². The van der Waals surface area contributed by atoms with Gasteiger partial charge in [-0.2, -0.15) is 0 Å². The average Bonchev–Trinajstić information content (AvgIpc) is 2.36. The molecule has 0 radical (unpaired) electrons. The summed E-state index contributed by atoms with van der Waals surface area (Å²) in [5.74, 6) is -1.03. The Hall–Kier alpha value is -1.36. The number of carbonyl (C=O) groups is 1. The number of halogens is 4. The highest BCUT2D eigenvalue weighted by atomic mass is 35.5. The van der Waals surface area contributed by atoms with E-state index >= 15 is 0 Å². The van der Waals surface area contributed by atoms with Gasteiger partial charge in [0.1, 0.15) is 11.6 Å². The Kier molecular flexibility index (Phi) is 4.24. The maximum Gasteiger partial charge on any atom is 0.258 e. The average molecular weight is 320 g/mol. The Labute approximate surface area is 123 Å². The van der Waals surface area contributed by atoms with E-state index in [0.29, 0.717) is 5.02 Å². The quantitative estimate of drug-likeness (QED) is 0.832. The summed E-state index contributed by atoms with van der Waals surface area (Å²) in [7, 11) is 0. The highest BCUT2D eigenvalue weighted by Crippen LogP contribution is 2.25. The lowest BCUT2D eigenvalue weighted by Crippen LogP contribution is -2.13. The minimum Gasteiger partial charge on any atom is -0.307 e. The van der Waals surface area contributed by atoms with Gasteiger partial charge in [0.15, 0.2) is 0 Å². The molecule has 3 nitrogen and oxygen atoms in total. The van der Waals surface area contributed by atoms with Crippen molar-refractivity contribution in [1.29, 1.82) is 0 Å². The lowest BCUT2D eigenvalue weighted by molar-refractivity contribution is 0.102. The van der Waals surface area contributed by atoms with Gasteiger partial charge < -0.3 is 5.32 Å². The Bertz CT molecular complexity index is 632. The molecule has 1 aromatic carbocycles. The molecule has 0 bridgehead atoms. The fourth-order valence-corrected chi connectivity index (χ4v) is 1.91. The molecule has 1 heterocycles. The molecule has 19 heavy (non-hydrogen) atoms. The van der Waals surface area contributed by atoms with Gasteiger partial charge >= 0.3 is 0 Å². The topological polar surface area (TPSA) is 42.0 Å². The zero-order valence-corrected chi connectivity index (χ0v) is 11.5. The van der Waals surface area contributed by atoms with Crippen molar-refractivity contribution in [3.63, 3.8) is 0 Å². The van der Waals surface area contributed by atoms with E-state index in [9.17, 15) is 9.18 Å². The molecule has 0 spiro atoms. The van der Waals surface area contributed by atoms with Gasteiger partial charge in [-0.25, -0.2) is 9.37 Å². The molecule has 0 unspecified atom stereocenters. The number of nitrogens with one attached hydrogen (secondary N) is 1. The standard InChI is InChI=1S/C12H6Cl3FN2O/c13-6-1-2-11(17-5-6)18-12(19)7-3-10(16)9(15)4-8(7)14/h1-5H,(H,17,18,19). The van der Waals surface area contributed by atoms with Crippen LogP contribution < -0.4 is 5.32 Å². The number of amides is 1. The van der Waals surface area contributed by atoms with E-state index < -0.39 is 11.7 Å². The van der Waals surface area contributed by atoms with Crippen LogP contribution in [0.2, 0.25) is 15.1 Å². The Morgan fingerprint density at radius 1 is 1.16 bits per heavy atom. The van der Waals surface area contributed by atoms with E-state index in [4.69, 9.17) is 34.8 Å². The van der Waals surface area contributed by atoms with E-state index in [0.717, 1.165) is 6.07 Å². The fourth-order valence-electron chi connectivity index (χ4n) is 1.33. The largest absolute Gasteiger partial charge is 0.307 e. The number of anilines is 1. The SMILES string of the molecule is O=C(Nc1ccc(Cl)cn1)c1cc(F)c(Cl)cc1Cl. The highest BCUT2D eigenvalue weighted by molar-refractivity contribution is 6.37. The van der Waals surface area contributed by atoms with Crippen molar-refractivity contribution in [1.82, 2.24) is 4.98 Å². The summed E-state index contributed by atoms with van der Waals surface area (Å²) < 4.78 is 13.3. The van der Waals surface area contributed by atoms with Crippen LogP contribution in [0.3, 0.4) is 0 Å². The maximum absolute atomic E-state index is 13.3. The minimum atomic E-state index is -0.722. The number of rotatable bonds is 2. The lowest BCUT2D eigenvalue weighted by Gasteiger charge is -2.07. The van der Waals surface area contributed by atoms with Gasteiger partial charge in [-0.3, -0.25) is 4.79 Å². The number of hydrogen-bond donors (Lipinski definition) is 1. The van der Waals surface area contributed by atoms with Gasteiger partial charge in [0, 0.05) is 6.20 Å². The highest BCUT2D eigenvalue weighted by Gasteiger charge is 2.14. The van der Waals surface area contributed by atoms with Crippen molar-refractivity contribution in [3.05, 3.63) is 56.9 Å². The van der Waals surface area contributed by atoms with Crippen molar-refractivity contribution in [2.75, 3.05) is 5.32 Å². The molecule has 2 aromatic rings. The molecule has 0 aliphatic carbocycles. The second-order valence-corrected chi connectivity index (χ2v) is 4.81. The van der Waals surface area contributed by atoms with E-state index in [1.54, 1.807) is 6.07 Å². The monoisotopic (exact) mass is 318 g/mol. The van der Waals surface area contributed by atoms with Crippen LogP contribution in [0.1, 0.15) is 10.4 Å². The predicted octanol–water partition coefficient (Wildman–Crippen LogP) is 4.43. The van der Waals surface area contributed by atoms with Gasteiger partial charge in [0.05, 0.1) is 20.6 Å². The smallest absolute Gasteiger partial charge is 0.258 e. The Balaban J connectivity index is 2.25. The molecule has 0 aliphatic rings. The molecule has 1 aromatic heterocycles. The van der Waals surface area contributed by atoms with Crippen LogP contribution in [-0.2, 0) is 0 Å². The van der Waals surface area contributed by atoms with E-state index in [1.807, 2.05) is 0 Å². The number of aromatic nitrogens is 1. The number of carbonyl (C=O) groups excluding carboxylic acids is 1. The first-order valence-corrected chi connectivity index (χ1v) is 6.18. The van der Waals surface area contributed by atoms with Crippen molar-refractivity contribution in [2.45, 2.75) is 0 Å². The molecule has 0 fully saturated rings. The van der Waals surface area contributed by atoms with Crippen LogP contribution in [0.25, 0.3) is 0 Å². The van der Waals surface area contributed by atoms with Gasteiger partial charge in [0.2, 0.25) is 0 Å². The minimum absolute atomic E-state index is 0.0275. The van der Waals surface area contributed by atoms with Crippen molar-refractivity contribution in [2.24, 2.45) is 0 Å². The summed E-state index contributed by atoms with van der Waals surface area (Å²) in [6.45, 7) is 0. The molecule has 98 valence electrons. The van der Waals surface area contributed by atoms with E-state index in [2.05, 4.69) is 10.3 Å². The predicted molar refractivity (Wildman–Crippen MR) is 73.6 cm³/mol. The van der Waals surface area contributed by atoms with Crippen LogP contribution in [-0.4, -0.2) is 10.9 Å². The van der Waals surface area contributed by atoms with Crippen LogP contribution in [0, 0.1) is 5.82 Å². The molecule has 1 N–H and O–H groups in total. The fraction of sp³-hybridized carbons (Fsp3) is 0. The third-order valence-corrected chi connectivity index (χ3v) is 3.05. The first-order chi connectivity index (χ1) is 8.97. The van der Waals surface area contributed by atoms with Gasteiger partial charge in [0.25, 0.3) is 5.91 Å². The number of pyridine rings is 1. The molecule has 7 heteroatoms. The van der Waals surface area contributed by atoms with E-state index in [-0.39, 0.29) is 21.4 Å². The Morgan fingerprint density at radius 3 is 2.53 bits per heavy atom. The van der Waals surface area contributed by atoms with Gasteiger partial charge in [-0.05, 0) is 24.3 Å². The lowest BCUT2D eigenvalue weighted by atomic mass is 10.2. The molecular weight excluding hydrogens is 314 g/mol. The summed E-state index contributed by atoms with van der Waals surface area (Å²) in [4.78, 5) is 15.8. The molecule has 0 saturated carbocycles. The van der Waals surface area contributed by atoms with Gasteiger partial charge in [-0.1, -0.05) is 34.8 Å². The maximum atomic E-state index is 13.3. The van der Waals surface area contributed by atoms with Gasteiger partial charge in [-0.15, -0.1) is 0 Å². The van der Waals surface area contributed by atoms with Crippen molar-refractivity contribution in [3.8, 4) is 0 Å². The molecular formula is C12H6Cl3FN2O. The van der Waals surface area contributed by atoms with E-state index in [1.165, 1.54) is 18.3 Å². The summed E-state index contributed by atoms with van der Waals surface area (Å²) in [6.07, 6.45) is 1.38. The molecule has 0 aliphatic heterocycles. The number of benzene rings is 1. The third-order valence-electron chi connectivity index (χ3n) is 2.22. The van der Waals surface area contributed by atoms with Crippen LogP contribution in [0.4, 0.5) is 10.2 Å². The van der Waals surface area contributed by atoms with Crippen LogP contribution in [0.15, 0.2) is 30.5 Å². The normalized spacial score (nSPS) is 10.3.